The summed E-state index contributed by atoms with van der Waals surface area (Å²) in [6.45, 7) is 1.97. The molecule has 3 N–H and O–H groups in total. The molecule has 5 nitrogen and oxygen atoms in total. The van der Waals surface area contributed by atoms with Gasteiger partial charge in [-0.1, -0.05) is 18.8 Å². The maximum atomic E-state index is 11.7. The van der Waals surface area contributed by atoms with Crippen LogP contribution in [-0.2, 0) is 9.84 Å². The Balaban J connectivity index is 2.52. The molecule has 0 spiro atoms. The molecule has 0 unspecified atom stereocenters. The number of carbonyl (C=O) groups excluding carboxylic acids is 1. The zero-order chi connectivity index (χ0) is 14.3. The van der Waals surface area contributed by atoms with Crippen molar-refractivity contribution in [1.29, 1.82) is 0 Å². The number of nitrogens with one attached hydrogen (secondary N) is 1. The van der Waals surface area contributed by atoms with E-state index in [-0.39, 0.29) is 30.5 Å². The minimum absolute atomic E-state index is 0.0424. The van der Waals surface area contributed by atoms with Gasteiger partial charge in [0, 0.05) is 17.7 Å². The first kappa shape index (κ1) is 15.7. The van der Waals surface area contributed by atoms with Crippen molar-refractivity contribution in [2.45, 2.75) is 6.92 Å². The van der Waals surface area contributed by atoms with E-state index in [9.17, 15) is 13.2 Å². The van der Waals surface area contributed by atoms with Crippen LogP contribution in [0.5, 0.6) is 0 Å². The zero-order valence-corrected chi connectivity index (χ0v) is 12.2. The topological polar surface area (TPSA) is 89.3 Å². The second kappa shape index (κ2) is 7.28. The van der Waals surface area contributed by atoms with E-state index in [1.165, 1.54) is 11.3 Å². The summed E-state index contributed by atoms with van der Waals surface area (Å²) in [5, 5.41) is 4.26. The number of carbonyl (C=O) groups is 1. The van der Waals surface area contributed by atoms with Gasteiger partial charge in [0.05, 0.1) is 22.7 Å². The molecule has 7 heteroatoms. The van der Waals surface area contributed by atoms with Gasteiger partial charge >= 0.3 is 0 Å². The first-order valence-corrected chi connectivity index (χ1v) is 8.44. The van der Waals surface area contributed by atoms with Crippen LogP contribution >= 0.6 is 11.3 Å². The third-order valence-corrected chi connectivity index (χ3v) is 4.87. The van der Waals surface area contributed by atoms with Crippen LogP contribution in [0.4, 0.5) is 0 Å². The Morgan fingerprint density at radius 1 is 1.53 bits per heavy atom. The summed E-state index contributed by atoms with van der Waals surface area (Å²) in [5.41, 5.74) is 5.74. The van der Waals surface area contributed by atoms with Gasteiger partial charge < -0.3 is 11.1 Å². The number of hydrogen-bond donors (Lipinski definition) is 2. The minimum Gasteiger partial charge on any atom is -0.351 e. The normalized spacial score (nSPS) is 10.6. The molecule has 1 rings (SSSR count). The molecule has 0 atom stereocenters. The highest BCUT2D eigenvalue weighted by Gasteiger charge is 2.10. The van der Waals surface area contributed by atoms with Gasteiger partial charge in [-0.2, -0.15) is 0 Å². The minimum atomic E-state index is -3.05. The predicted molar refractivity (Wildman–Crippen MR) is 76.9 cm³/mol. The smallest absolute Gasteiger partial charge is 0.252 e. The molecule has 104 valence electrons. The number of amides is 1. The molecule has 1 aromatic rings. The molecular weight excluding hydrogens is 284 g/mol. The van der Waals surface area contributed by atoms with E-state index < -0.39 is 9.84 Å². The average Bonchev–Trinajstić information content (AvgIpc) is 2.85. The van der Waals surface area contributed by atoms with E-state index in [4.69, 9.17) is 5.73 Å². The highest BCUT2D eigenvalue weighted by Crippen LogP contribution is 2.13. The summed E-state index contributed by atoms with van der Waals surface area (Å²) >= 11 is 1.35. The number of nitrogens with two attached hydrogens (primary N) is 1. The Kier molecular flexibility index (Phi) is 6.02. The van der Waals surface area contributed by atoms with Gasteiger partial charge in [0.25, 0.3) is 5.91 Å². The van der Waals surface area contributed by atoms with E-state index in [1.807, 2.05) is 0 Å². The van der Waals surface area contributed by atoms with Crippen LogP contribution in [-0.4, -0.2) is 38.9 Å². The summed E-state index contributed by atoms with van der Waals surface area (Å²) in [6.07, 6.45) is 0. The van der Waals surface area contributed by atoms with Gasteiger partial charge in [-0.3, -0.25) is 4.79 Å². The average molecular weight is 300 g/mol. The summed E-state index contributed by atoms with van der Waals surface area (Å²) < 4.78 is 22.5. The van der Waals surface area contributed by atoms with E-state index in [0.717, 1.165) is 4.88 Å². The van der Waals surface area contributed by atoms with Crippen molar-refractivity contribution in [3.63, 3.8) is 0 Å². The Morgan fingerprint density at radius 2 is 2.26 bits per heavy atom. The molecule has 1 heterocycles. The summed E-state index contributed by atoms with van der Waals surface area (Å²) in [7, 11) is -3.05. The van der Waals surface area contributed by atoms with Crippen LogP contribution in [0.2, 0.25) is 0 Å². The molecule has 0 aliphatic carbocycles. The molecule has 0 radical (unpaired) electrons. The Hall–Kier alpha value is -1.36. The van der Waals surface area contributed by atoms with E-state index in [2.05, 4.69) is 17.2 Å². The van der Waals surface area contributed by atoms with Crippen molar-refractivity contribution in [3.8, 4) is 11.8 Å². The van der Waals surface area contributed by atoms with E-state index in [0.29, 0.717) is 5.56 Å². The summed E-state index contributed by atoms with van der Waals surface area (Å²) in [5.74, 6) is 5.29. The Labute approximate surface area is 117 Å². The molecule has 0 saturated heterocycles. The van der Waals surface area contributed by atoms with Crippen molar-refractivity contribution in [2.75, 3.05) is 24.6 Å². The SMILES string of the molecule is CCS(=O)(=O)CCNC(=O)c1csc(C#CCN)c1. The highest BCUT2D eigenvalue weighted by molar-refractivity contribution is 7.91. The fourth-order valence-electron chi connectivity index (χ4n) is 1.23. The molecule has 0 fully saturated rings. The van der Waals surface area contributed by atoms with Crippen LogP contribution in [0.15, 0.2) is 11.4 Å². The molecule has 0 aromatic carbocycles. The van der Waals surface area contributed by atoms with Gasteiger partial charge in [0.1, 0.15) is 0 Å². The lowest BCUT2D eigenvalue weighted by Crippen LogP contribution is -2.29. The molecule has 0 bridgehead atoms. The van der Waals surface area contributed by atoms with Crippen LogP contribution in [0.1, 0.15) is 22.2 Å². The lowest BCUT2D eigenvalue weighted by molar-refractivity contribution is 0.0956. The number of thiophene rings is 1. The molecule has 19 heavy (non-hydrogen) atoms. The van der Waals surface area contributed by atoms with Gasteiger partial charge in [0.15, 0.2) is 9.84 Å². The molecule has 0 aliphatic rings. The zero-order valence-electron chi connectivity index (χ0n) is 10.6. The monoisotopic (exact) mass is 300 g/mol. The van der Waals surface area contributed by atoms with Gasteiger partial charge in [-0.25, -0.2) is 8.42 Å². The molecule has 1 amide bonds. The maximum Gasteiger partial charge on any atom is 0.252 e. The van der Waals surface area contributed by atoms with Crippen molar-refractivity contribution < 1.29 is 13.2 Å². The van der Waals surface area contributed by atoms with Crippen molar-refractivity contribution in [2.24, 2.45) is 5.73 Å². The van der Waals surface area contributed by atoms with Crippen LogP contribution < -0.4 is 11.1 Å². The quantitative estimate of drug-likeness (QED) is 0.761. The highest BCUT2D eigenvalue weighted by atomic mass is 32.2. The Bertz CT molecular complexity index is 594. The standard InChI is InChI=1S/C12H16N2O3S2/c1-2-19(16,17)7-6-14-12(15)10-8-11(18-9-10)4-3-5-13/h8-9H,2,5-7,13H2,1H3,(H,14,15). The predicted octanol–water partition coefficient (Wildman–Crippen LogP) is 0.223. The first-order valence-electron chi connectivity index (χ1n) is 5.74. The second-order valence-corrected chi connectivity index (χ2v) is 7.08. The third kappa shape index (κ3) is 5.42. The van der Waals surface area contributed by atoms with Gasteiger partial charge in [-0.15, -0.1) is 11.3 Å². The van der Waals surface area contributed by atoms with E-state index in [1.54, 1.807) is 18.4 Å². The largest absolute Gasteiger partial charge is 0.351 e. The van der Waals surface area contributed by atoms with Gasteiger partial charge in [-0.05, 0) is 6.07 Å². The second-order valence-electron chi connectivity index (χ2n) is 3.70. The first-order chi connectivity index (χ1) is 8.98. The fraction of sp³-hybridized carbons (Fsp3) is 0.417. The van der Waals surface area contributed by atoms with Crippen molar-refractivity contribution >= 4 is 27.1 Å². The third-order valence-electron chi connectivity index (χ3n) is 2.31. The Morgan fingerprint density at radius 3 is 2.89 bits per heavy atom. The molecule has 0 saturated carbocycles. The lowest BCUT2D eigenvalue weighted by atomic mass is 10.3. The number of rotatable bonds is 5. The molecular formula is C12H16N2O3S2. The van der Waals surface area contributed by atoms with Crippen LogP contribution in [0.25, 0.3) is 0 Å². The molecule has 0 aliphatic heterocycles. The number of sulfone groups is 1. The number of hydrogen-bond acceptors (Lipinski definition) is 5. The summed E-state index contributed by atoms with van der Waals surface area (Å²) in [4.78, 5) is 12.5. The van der Waals surface area contributed by atoms with Gasteiger partial charge in [0.2, 0.25) is 0 Å². The molecule has 1 aromatic heterocycles. The van der Waals surface area contributed by atoms with E-state index >= 15 is 0 Å². The van der Waals surface area contributed by atoms with Crippen molar-refractivity contribution in [3.05, 3.63) is 21.9 Å². The lowest BCUT2D eigenvalue weighted by Gasteiger charge is -2.03. The fourth-order valence-corrected chi connectivity index (χ4v) is 2.68. The van der Waals surface area contributed by atoms with Crippen LogP contribution in [0, 0.1) is 11.8 Å². The van der Waals surface area contributed by atoms with Crippen LogP contribution in [0.3, 0.4) is 0 Å². The maximum absolute atomic E-state index is 11.7. The van der Waals surface area contributed by atoms with Crippen molar-refractivity contribution in [1.82, 2.24) is 5.32 Å². The summed E-state index contributed by atoms with van der Waals surface area (Å²) in [6, 6.07) is 1.66.